The summed E-state index contributed by atoms with van der Waals surface area (Å²) in [5, 5.41) is 6.57. The van der Waals surface area contributed by atoms with Crippen molar-refractivity contribution in [3.05, 3.63) is 65.1 Å². The molecule has 0 atom stereocenters. The number of aryl methyl sites for hydroxylation is 1. The standard InChI is InChI=1S/C21H21FN2O4/c1-13-4-6-15(11-16(13)22)19-12-17(24-28-19)21(25)23-9-8-14-5-7-18(26-2)20(10-14)27-3/h4-7,10-12H,8-9H2,1-3H3,(H,23,25). The zero-order chi connectivity index (χ0) is 20.1. The molecular weight excluding hydrogens is 363 g/mol. The van der Waals surface area contributed by atoms with Gasteiger partial charge in [0.1, 0.15) is 5.82 Å². The molecule has 1 amide bonds. The Morgan fingerprint density at radius 2 is 1.89 bits per heavy atom. The van der Waals surface area contributed by atoms with Gasteiger partial charge in [0.2, 0.25) is 0 Å². The zero-order valence-corrected chi connectivity index (χ0v) is 15.9. The molecule has 0 spiro atoms. The van der Waals surface area contributed by atoms with E-state index in [1.54, 1.807) is 33.3 Å². The second kappa shape index (κ2) is 8.56. The van der Waals surface area contributed by atoms with Gasteiger partial charge in [-0.25, -0.2) is 4.39 Å². The van der Waals surface area contributed by atoms with Crippen LogP contribution in [0.1, 0.15) is 21.6 Å². The van der Waals surface area contributed by atoms with Crippen LogP contribution >= 0.6 is 0 Å². The average molecular weight is 384 g/mol. The van der Waals surface area contributed by atoms with Crippen LogP contribution in [0.15, 0.2) is 47.0 Å². The lowest BCUT2D eigenvalue weighted by Gasteiger charge is -2.09. The van der Waals surface area contributed by atoms with E-state index in [2.05, 4.69) is 10.5 Å². The molecule has 0 fully saturated rings. The molecule has 1 N–H and O–H groups in total. The van der Waals surface area contributed by atoms with E-state index in [1.165, 1.54) is 12.1 Å². The summed E-state index contributed by atoms with van der Waals surface area (Å²) >= 11 is 0. The fourth-order valence-corrected chi connectivity index (χ4v) is 2.71. The third-order valence-corrected chi connectivity index (χ3v) is 4.35. The van der Waals surface area contributed by atoms with Crippen LogP contribution in [0.5, 0.6) is 11.5 Å². The molecule has 1 aromatic heterocycles. The Balaban J connectivity index is 1.60. The van der Waals surface area contributed by atoms with Gasteiger partial charge in [-0.1, -0.05) is 23.4 Å². The number of halogens is 1. The van der Waals surface area contributed by atoms with E-state index < -0.39 is 0 Å². The Hall–Kier alpha value is -3.35. The lowest BCUT2D eigenvalue weighted by molar-refractivity contribution is 0.0945. The van der Waals surface area contributed by atoms with E-state index in [-0.39, 0.29) is 17.4 Å². The van der Waals surface area contributed by atoms with Crippen molar-refractivity contribution in [3.63, 3.8) is 0 Å². The number of carbonyl (C=O) groups is 1. The minimum absolute atomic E-state index is 0.142. The van der Waals surface area contributed by atoms with Gasteiger partial charge in [-0.05, 0) is 42.7 Å². The van der Waals surface area contributed by atoms with Crippen LogP contribution in [0, 0.1) is 12.7 Å². The third kappa shape index (κ3) is 4.31. The molecule has 0 aliphatic carbocycles. The Kier molecular flexibility index (Phi) is 5.93. The SMILES string of the molecule is COc1ccc(CCNC(=O)c2cc(-c3ccc(C)c(F)c3)on2)cc1OC. The fraction of sp³-hybridized carbons (Fsp3) is 0.238. The molecular formula is C21H21FN2O4. The molecule has 7 heteroatoms. The maximum absolute atomic E-state index is 13.7. The predicted octanol–water partition coefficient (Wildman–Crippen LogP) is 3.78. The first-order valence-electron chi connectivity index (χ1n) is 8.74. The third-order valence-electron chi connectivity index (χ3n) is 4.35. The number of carbonyl (C=O) groups excluding carboxylic acids is 1. The van der Waals surface area contributed by atoms with Crippen LogP contribution in [0.3, 0.4) is 0 Å². The van der Waals surface area contributed by atoms with Crippen LogP contribution < -0.4 is 14.8 Å². The van der Waals surface area contributed by atoms with E-state index in [1.807, 2.05) is 18.2 Å². The van der Waals surface area contributed by atoms with Gasteiger partial charge in [-0.3, -0.25) is 4.79 Å². The number of hydrogen-bond acceptors (Lipinski definition) is 5. The molecule has 28 heavy (non-hydrogen) atoms. The minimum Gasteiger partial charge on any atom is -0.493 e. The van der Waals surface area contributed by atoms with Gasteiger partial charge in [0.25, 0.3) is 5.91 Å². The van der Waals surface area contributed by atoms with E-state index in [4.69, 9.17) is 14.0 Å². The number of amides is 1. The number of benzene rings is 2. The number of rotatable bonds is 7. The summed E-state index contributed by atoms with van der Waals surface area (Å²) in [4.78, 5) is 12.3. The topological polar surface area (TPSA) is 73.6 Å². The first-order chi connectivity index (χ1) is 13.5. The number of methoxy groups -OCH3 is 2. The van der Waals surface area contributed by atoms with Crippen molar-refractivity contribution in [1.29, 1.82) is 0 Å². The molecule has 3 rings (SSSR count). The van der Waals surface area contributed by atoms with Crippen molar-refractivity contribution in [2.75, 3.05) is 20.8 Å². The number of nitrogens with zero attached hydrogens (tertiary/aromatic N) is 1. The summed E-state index contributed by atoms with van der Waals surface area (Å²) in [6.45, 7) is 2.09. The van der Waals surface area contributed by atoms with Crippen LogP contribution in [0.4, 0.5) is 4.39 Å². The summed E-state index contributed by atoms with van der Waals surface area (Å²) in [6.07, 6.45) is 0.611. The van der Waals surface area contributed by atoms with Crippen molar-refractivity contribution < 1.29 is 23.2 Å². The van der Waals surface area contributed by atoms with Crippen LogP contribution in [0.2, 0.25) is 0 Å². The largest absolute Gasteiger partial charge is 0.493 e. The van der Waals surface area contributed by atoms with Crippen LogP contribution in [-0.2, 0) is 6.42 Å². The van der Waals surface area contributed by atoms with Crippen molar-refractivity contribution in [3.8, 4) is 22.8 Å². The lowest BCUT2D eigenvalue weighted by Crippen LogP contribution is -2.25. The van der Waals surface area contributed by atoms with Crippen LogP contribution in [0.25, 0.3) is 11.3 Å². The van der Waals surface area contributed by atoms with E-state index in [0.717, 1.165) is 5.56 Å². The lowest BCUT2D eigenvalue weighted by atomic mass is 10.1. The highest BCUT2D eigenvalue weighted by Gasteiger charge is 2.14. The summed E-state index contributed by atoms with van der Waals surface area (Å²) in [5.74, 6) is 0.928. The molecule has 0 unspecified atom stereocenters. The van der Waals surface area contributed by atoms with Crippen molar-refractivity contribution in [2.45, 2.75) is 13.3 Å². The second-order valence-electron chi connectivity index (χ2n) is 6.24. The van der Waals surface area contributed by atoms with Gasteiger partial charge < -0.3 is 19.3 Å². The zero-order valence-electron chi connectivity index (χ0n) is 15.9. The van der Waals surface area contributed by atoms with Gasteiger partial charge in [0, 0.05) is 18.2 Å². The maximum Gasteiger partial charge on any atom is 0.273 e. The van der Waals surface area contributed by atoms with E-state index in [9.17, 15) is 9.18 Å². The molecule has 6 nitrogen and oxygen atoms in total. The predicted molar refractivity (Wildman–Crippen MR) is 102 cm³/mol. The summed E-state index contributed by atoms with van der Waals surface area (Å²) in [7, 11) is 3.15. The van der Waals surface area contributed by atoms with Gasteiger partial charge >= 0.3 is 0 Å². The molecule has 1 heterocycles. The molecule has 0 aliphatic heterocycles. The Morgan fingerprint density at radius 3 is 2.61 bits per heavy atom. The highest BCUT2D eigenvalue weighted by Crippen LogP contribution is 2.27. The molecule has 3 aromatic rings. The van der Waals surface area contributed by atoms with Crippen LogP contribution in [-0.4, -0.2) is 31.8 Å². The van der Waals surface area contributed by atoms with Crippen molar-refractivity contribution in [2.24, 2.45) is 0 Å². The van der Waals surface area contributed by atoms with Crippen molar-refractivity contribution in [1.82, 2.24) is 10.5 Å². The Morgan fingerprint density at radius 1 is 1.11 bits per heavy atom. The molecule has 0 radical (unpaired) electrons. The average Bonchev–Trinajstić information content (AvgIpc) is 3.20. The monoisotopic (exact) mass is 384 g/mol. The number of aromatic nitrogens is 1. The van der Waals surface area contributed by atoms with Gasteiger partial charge in [0.05, 0.1) is 14.2 Å². The number of hydrogen-bond donors (Lipinski definition) is 1. The summed E-state index contributed by atoms with van der Waals surface area (Å²) in [6, 6.07) is 11.8. The first kappa shape index (κ1) is 19.4. The van der Waals surface area contributed by atoms with Gasteiger partial charge in [0.15, 0.2) is 23.0 Å². The molecule has 146 valence electrons. The minimum atomic E-state index is -0.358. The Bertz CT molecular complexity index is 984. The molecule has 0 saturated heterocycles. The molecule has 0 aliphatic rings. The fourth-order valence-electron chi connectivity index (χ4n) is 2.71. The second-order valence-corrected chi connectivity index (χ2v) is 6.24. The van der Waals surface area contributed by atoms with E-state index >= 15 is 0 Å². The van der Waals surface area contributed by atoms with Gasteiger partial charge in [-0.2, -0.15) is 0 Å². The highest BCUT2D eigenvalue weighted by atomic mass is 19.1. The van der Waals surface area contributed by atoms with E-state index in [0.29, 0.717) is 41.4 Å². The van der Waals surface area contributed by atoms with Gasteiger partial charge in [-0.15, -0.1) is 0 Å². The number of nitrogens with one attached hydrogen (secondary N) is 1. The summed E-state index contributed by atoms with van der Waals surface area (Å²) < 4.78 is 29.4. The number of ether oxygens (including phenoxy) is 2. The first-order valence-corrected chi connectivity index (χ1v) is 8.74. The smallest absolute Gasteiger partial charge is 0.273 e. The highest BCUT2D eigenvalue weighted by molar-refractivity contribution is 5.93. The quantitative estimate of drug-likeness (QED) is 0.671. The molecule has 2 aromatic carbocycles. The maximum atomic E-state index is 13.7. The summed E-state index contributed by atoms with van der Waals surface area (Å²) in [5.41, 5.74) is 2.20. The normalized spacial score (nSPS) is 10.6. The van der Waals surface area contributed by atoms with Crippen molar-refractivity contribution >= 4 is 5.91 Å². The molecule has 0 saturated carbocycles. The Labute approximate surface area is 162 Å². The molecule has 0 bridgehead atoms.